The lowest BCUT2D eigenvalue weighted by atomic mass is 10.2. The Kier molecular flexibility index (Phi) is 4.74. The number of amides is 1. The third-order valence-corrected chi connectivity index (χ3v) is 3.43. The Morgan fingerprint density at radius 3 is 2.40 bits per heavy atom. The Labute approximate surface area is 118 Å². The van der Waals surface area contributed by atoms with E-state index in [4.69, 9.17) is 5.11 Å². The van der Waals surface area contributed by atoms with Crippen molar-refractivity contribution < 1.29 is 14.7 Å². The molecule has 1 aliphatic carbocycles. The predicted molar refractivity (Wildman–Crippen MR) is 75.1 cm³/mol. The van der Waals surface area contributed by atoms with Crippen LogP contribution in [0.1, 0.15) is 18.4 Å². The second-order valence-electron chi connectivity index (χ2n) is 5.27. The molecule has 1 amide bonds. The maximum absolute atomic E-state index is 12.2. The first kappa shape index (κ1) is 14.5. The van der Waals surface area contributed by atoms with Gasteiger partial charge in [-0.15, -0.1) is 0 Å². The third-order valence-electron chi connectivity index (χ3n) is 3.43. The average Bonchev–Trinajstić information content (AvgIpc) is 3.22. The standard InChI is InChI=1S/C15H20N2O3/c1-16(9-12-5-3-2-4-6-12)14(18)10-17(11-15(19)20)13-7-8-13/h2-6,13H,7-11H2,1H3,(H,19,20). The molecule has 1 N–H and O–H groups in total. The van der Waals surface area contributed by atoms with E-state index in [2.05, 4.69) is 0 Å². The highest BCUT2D eigenvalue weighted by atomic mass is 16.4. The van der Waals surface area contributed by atoms with E-state index in [0.717, 1.165) is 18.4 Å². The number of hydrogen-bond donors (Lipinski definition) is 1. The molecule has 1 aromatic rings. The molecular formula is C15H20N2O3. The first-order chi connectivity index (χ1) is 9.56. The van der Waals surface area contributed by atoms with Crippen molar-refractivity contribution in [3.05, 3.63) is 35.9 Å². The minimum Gasteiger partial charge on any atom is -0.480 e. The van der Waals surface area contributed by atoms with Crippen LogP contribution in [0, 0.1) is 0 Å². The van der Waals surface area contributed by atoms with Crippen molar-refractivity contribution in [2.75, 3.05) is 20.1 Å². The van der Waals surface area contributed by atoms with Crippen molar-refractivity contribution in [2.24, 2.45) is 0 Å². The highest BCUT2D eigenvalue weighted by molar-refractivity contribution is 5.79. The van der Waals surface area contributed by atoms with Crippen LogP contribution in [-0.2, 0) is 16.1 Å². The van der Waals surface area contributed by atoms with Gasteiger partial charge in [0.1, 0.15) is 0 Å². The number of likely N-dealkylation sites (N-methyl/N-ethyl adjacent to an activating group) is 1. The fraction of sp³-hybridized carbons (Fsp3) is 0.467. The van der Waals surface area contributed by atoms with Crippen molar-refractivity contribution >= 4 is 11.9 Å². The van der Waals surface area contributed by atoms with Gasteiger partial charge in [-0.2, -0.15) is 0 Å². The molecule has 20 heavy (non-hydrogen) atoms. The largest absolute Gasteiger partial charge is 0.480 e. The molecule has 0 radical (unpaired) electrons. The topological polar surface area (TPSA) is 60.9 Å². The van der Waals surface area contributed by atoms with Gasteiger partial charge in [-0.05, 0) is 18.4 Å². The summed E-state index contributed by atoms with van der Waals surface area (Å²) < 4.78 is 0. The summed E-state index contributed by atoms with van der Waals surface area (Å²) >= 11 is 0. The van der Waals surface area contributed by atoms with Crippen molar-refractivity contribution in [3.8, 4) is 0 Å². The van der Waals surface area contributed by atoms with Gasteiger partial charge in [0.2, 0.25) is 5.91 Å². The fourth-order valence-corrected chi connectivity index (χ4v) is 2.17. The zero-order valence-corrected chi connectivity index (χ0v) is 11.7. The van der Waals surface area contributed by atoms with Gasteiger partial charge in [0.05, 0.1) is 13.1 Å². The van der Waals surface area contributed by atoms with Gasteiger partial charge in [0.25, 0.3) is 0 Å². The number of benzene rings is 1. The van der Waals surface area contributed by atoms with Gasteiger partial charge >= 0.3 is 5.97 Å². The molecule has 1 saturated carbocycles. The highest BCUT2D eigenvalue weighted by Crippen LogP contribution is 2.26. The molecule has 2 rings (SSSR count). The molecule has 0 saturated heterocycles. The maximum atomic E-state index is 12.2. The van der Waals surface area contributed by atoms with Crippen LogP contribution in [-0.4, -0.2) is 53.0 Å². The lowest BCUT2D eigenvalue weighted by molar-refractivity contribution is -0.139. The first-order valence-electron chi connectivity index (χ1n) is 6.80. The normalized spacial score (nSPS) is 14.3. The van der Waals surface area contributed by atoms with Gasteiger partial charge in [0, 0.05) is 19.6 Å². The van der Waals surface area contributed by atoms with Crippen LogP contribution in [0.25, 0.3) is 0 Å². The summed E-state index contributed by atoms with van der Waals surface area (Å²) in [6.45, 7) is 0.668. The van der Waals surface area contributed by atoms with Crippen LogP contribution in [0.4, 0.5) is 0 Å². The zero-order chi connectivity index (χ0) is 14.5. The highest BCUT2D eigenvalue weighted by Gasteiger charge is 2.32. The van der Waals surface area contributed by atoms with E-state index < -0.39 is 5.97 Å². The Bertz CT molecular complexity index is 471. The van der Waals surface area contributed by atoms with Gasteiger partial charge in [-0.3, -0.25) is 14.5 Å². The van der Waals surface area contributed by atoms with Gasteiger partial charge in [0.15, 0.2) is 0 Å². The molecule has 1 aromatic carbocycles. The summed E-state index contributed by atoms with van der Waals surface area (Å²) in [5.74, 6) is -0.919. The Balaban J connectivity index is 1.87. The van der Waals surface area contributed by atoms with Crippen LogP contribution in [0.15, 0.2) is 30.3 Å². The van der Waals surface area contributed by atoms with Crippen molar-refractivity contribution in [1.82, 2.24) is 9.80 Å². The van der Waals surface area contributed by atoms with E-state index >= 15 is 0 Å². The zero-order valence-electron chi connectivity index (χ0n) is 11.7. The van der Waals surface area contributed by atoms with Crippen molar-refractivity contribution in [2.45, 2.75) is 25.4 Å². The average molecular weight is 276 g/mol. The van der Waals surface area contributed by atoms with E-state index in [0.29, 0.717) is 6.54 Å². The molecule has 0 aromatic heterocycles. The summed E-state index contributed by atoms with van der Waals surface area (Å²) in [6, 6.07) is 10.0. The lowest BCUT2D eigenvalue weighted by Gasteiger charge is -2.23. The van der Waals surface area contributed by atoms with Crippen LogP contribution in [0.5, 0.6) is 0 Å². The molecule has 5 nitrogen and oxygen atoms in total. The summed E-state index contributed by atoms with van der Waals surface area (Å²) in [5, 5.41) is 8.88. The Morgan fingerprint density at radius 2 is 1.85 bits per heavy atom. The first-order valence-corrected chi connectivity index (χ1v) is 6.80. The second-order valence-corrected chi connectivity index (χ2v) is 5.27. The van der Waals surface area contributed by atoms with Crippen LogP contribution in [0.3, 0.4) is 0 Å². The Hall–Kier alpha value is -1.88. The van der Waals surface area contributed by atoms with E-state index in [1.165, 1.54) is 0 Å². The van der Waals surface area contributed by atoms with Gasteiger partial charge in [-0.25, -0.2) is 0 Å². The molecule has 1 fully saturated rings. The molecular weight excluding hydrogens is 256 g/mol. The van der Waals surface area contributed by atoms with E-state index in [1.807, 2.05) is 30.3 Å². The van der Waals surface area contributed by atoms with Crippen molar-refractivity contribution in [3.63, 3.8) is 0 Å². The molecule has 0 unspecified atom stereocenters. The van der Waals surface area contributed by atoms with E-state index in [9.17, 15) is 9.59 Å². The summed E-state index contributed by atoms with van der Waals surface area (Å²) in [6.07, 6.45) is 1.98. The molecule has 0 atom stereocenters. The predicted octanol–water partition coefficient (Wildman–Crippen LogP) is 1.19. The number of rotatable bonds is 7. The van der Waals surface area contributed by atoms with Crippen LogP contribution in [0.2, 0.25) is 0 Å². The molecule has 5 heteroatoms. The minimum atomic E-state index is -0.879. The number of carbonyl (C=O) groups excluding carboxylic acids is 1. The molecule has 1 aliphatic rings. The molecule has 0 spiro atoms. The lowest BCUT2D eigenvalue weighted by Crippen LogP contribution is -2.41. The maximum Gasteiger partial charge on any atom is 0.317 e. The third kappa shape index (κ3) is 4.35. The summed E-state index contributed by atoms with van der Waals surface area (Å²) in [4.78, 5) is 26.4. The fourth-order valence-electron chi connectivity index (χ4n) is 2.17. The molecule has 0 aliphatic heterocycles. The minimum absolute atomic E-state index is 0.0398. The van der Waals surface area contributed by atoms with Crippen LogP contribution < -0.4 is 0 Å². The molecule has 0 heterocycles. The number of nitrogens with zero attached hydrogens (tertiary/aromatic N) is 2. The SMILES string of the molecule is CN(Cc1ccccc1)C(=O)CN(CC(=O)O)C1CC1. The monoisotopic (exact) mass is 276 g/mol. The smallest absolute Gasteiger partial charge is 0.317 e. The molecule has 108 valence electrons. The Morgan fingerprint density at radius 1 is 1.20 bits per heavy atom. The summed E-state index contributed by atoms with van der Waals surface area (Å²) in [5.41, 5.74) is 1.07. The van der Waals surface area contributed by atoms with E-state index in [1.54, 1.807) is 16.8 Å². The number of aliphatic carboxylic acids is 1. The number of carbonyl (C=O) groups is 2. The number of hydrogen-bond acceptors (Lipinski definition) is 3. The molecule has 0 bridgehead atoms. The summed E-state index contributed by atoms with van der Waals surface area (Å²) in [7, 11) is 1.75. The van der Waals surface area contributed by atoms with Crippen molar-refractivity contribution in [1.29, 1.82) is 0 Å². The van der Waals surface area contributed by atoms with Gasteiger partial charge in [-0.1, -0.05) is 30.3 Å². The number of carboxylic acid groups (broad SMARTS) is 1. The van der Waals surface area contributed by atoms with Gasteiger partial charge < -0.3 is 10.0 Å². The quantitative estimate of drug-likeness (QED) is 0.813. The van der Waals surface area contributed by atoms with E-state index in [-0.39, 0.29) is 25.0 Å². The van der Waals surface area contributed by atoms with Crippen LogP contribution >= 0.6 is 0 Å². The number of carboxylic acids is 1. The second kappa shape index (κ2) is 6.52.